The van der Waals surface area contributed by atoms with Crippen molar-refractivity contribution >= 4 is 34.4 Å². The van der Waals surface area contributed by atoms with Gasteiger partial charge in [0.25, 0.3) is 0 Å². The highest BCUT2D eigenvalue weighted by Crippen LogP contribution is 2.41. The van der Waals surface area contributed by atoms with Crippen LogP contribution < -0.4 is 18.9 Å². The number of thioether (sulfide) groups is 1. The number of fused-ring (bicyclic) bond motifs is 6. The highest BCUT2D eigenvalue weighted by molar-refractivity contribution is 7.97. The number of aryl methyl sites for hydroxylation is 3. The Bertz CT molecular complexity index is 3020. The number of hydrogen-bond acceptors (Lipinski definition) is 11. The molecule has 0 amide bonds. The molecule has 0 bridgehead atoms. The number of rotatable bonds is 0. The number of benzene rings is 3. The van der Waals surface area contributed by atoms with Crippen LogP contribution in [0, 0.1) is 0 Å². The third-order valence-electron chi connectivity index (χ3n) is 13.9. The summed E-state index contributed by atoms with van der Waals surface area (Å²) < 4.78 is 34.7. The van der Waals surface area contributed by atoms with Crippen LogP contribution in [-0.2, 0) is 82.0 Å². The quantitative estimate of drug-likeness (QED) is 0.144. The van der Waals surface area contributed by atoms with Gasteiger partial charge in [-0.2, -0.15) is 10.2 Å². The molecule has 5 aliphatic heterocycles. The Hall–Kier alpha value is -5.51. The van der Waals surface area contributed by atoms with Crippen LogP contribution in [0.4, 0.5) is 0 Å². The normalized spacial score (nSPS) is 15.2. The van der Waals surface area contributed by atoms with Crippen molar-refractivity contribution in [2.24, 2.45) is 7.05 Å². The molecule has 4 aromatic heterocycles. The fraction of sp³-hybridized carbons (Fsp3) is 0.565. The summed E-state index contributed by atoms with van der Waals surface area (Å²) in [6.07, 6.45) is 4.63. The molecule has 16 heteroatoms. The molecule has 14 nitrogen and oxygen atoms in total. The average molecular weight is 1110 g/mol. The fourth-order valence-electron chi connectivity index (χ4n) is 8.73. The van der Waals surface area contributed by atoms with E-state index in [0.29, 0.717) is 20.2 Å². The molecule has 78 heavy (non-hydrogen) atoms. The molecule has 3 aromatic carbocycles. The summed E-state index contributed by atoms with van der Waals surface area (Å²) in [5, 5.41) is 18.0. The van der Waals surface area contributed by atoms with Gasteiger partial charge in [-0.05, 0) is 88.2 Å². The molecule has 5 aliphatic rings. The zero-order valence-electron chi connectivity index (χ0n) is 50.3. The molecule has 0 spiro atoms. The van der Waals surface area contributed by atoms with Gasteiger partial charge in [0, 0.05) is 70.8 Å². The lowest BCUT2D eigenvalue weighted by molar-refractivity contribution is 0.0816. The van der Waals surface area contributed by atoms with E-state index in [0.717, 1.165) is 87.5 Å². The number of ether oxygens (including phenoxy) is 5. The molecule has 0 aliphatic carbocycles. The van der Waals surface area contributed by atoms with Crippen molar-refractivity contribution in [2.45, 2.75) is 201 Å². The maximum absolute atomic E-state index is 6.16. The molecule has 0 atom stereocenters. The van der Waals surface area contributed by atoms with Gasteiger partial charge in [-0.15, -0.1) is 16.9 Å². The zero-order chi connectivity index (χ0) is 57.2. The Labute approximate surface area is 474 Å². The second-order valence-corrected chi connectivity index (χ2v) is 28.2. The lowest BCUT2D eigenvalue weighted by Gasteiger charge is -2.20. The number of nitrogens with zero attached hydrogens (tertiary/aromatic N) is 9. The Morgan fingerprint density at radius 1 is 0.564 bits per heavy atom. The molecule has 0 saturated carbocycles. The molecule has 0 saturated heterocycles. The van der Waals surface area contributed by atoms with Gasteiger partial charge in [-0.1, -0.05) is 154 Å². The lowest BCUT2D eigenvalue weighted by Crippen LogP contribution is -2.15. The van der Waals surface area contributed by atoms with Crippen molar-refractivity contribution in [3.63, 3.8) is 0 Å². The summed E-state index contributed by atoms with van der Waals surface area (Å²) in [6.45, 7) is 43.5. The van der Waals surface area contributed by atoms with E-state index in [9.17, 15) is 0 Å². The first-order valence-corrected chi connectivity index (χ1v) is 28.9. The largest absolute Gasteiger partial charge is 0.454 e. The molecule has 424 valence electrons. The van der Waals surface area contributed by atoms with Crippen LogP contribution in [0.3, 0.4) is 0 Å². The van der Waals surface area contributed by atoms with Crippen LogP contribution in [0.2, 0.25) is 5.02 Å². The molecule has 7 aromatic rings. The maximum Gasteiger partial charge on any atom is 0.231 e. The Morgan fingerprint density at radius 2 is 1.13 bits per heavy atom. The standard InChI is InChI=1S/C11H13ClO2.C11H15N3.C11H14O2.C10H16N2O.C10H16N2.C9H14N2S/c1-11(2,3)7-4-9-10(5-8(7)12)14-6-13-9;1-11(2,3)8-5-6-10-9(7-8)12-13-14(10)4;1-11(2,3)8-4-5-9-10(6-8)13-7-12-9;1-10(2,3)8-6-12-4-5-13-7-9(12)11-8;1-10(2,3)9-7-8-5-4-6-12(8)11-9;1-9(2,3)8-4-7-5-12-6-11(7)10-8/h4-5H,6H2,1-3H3;5-7H,1-4H3;4-6H,7H2,1-3H3;6H,4-5,7H2,1-3H3;7H,4-6H2,1-3H3;4H,5-6H2,1-3H3. The number of halogens is 1. The second kappa shape index (κ2) is 23.7. The Balaban J connectivity index is 0.000000136. The minimum Gasteiger partial charge on any atom is -0.454 e. The average Bonchev–Trinajstić information content (AvgIpc) is 4.19. The van der Waals surface area contributed by atoms with Crippen LogP contribution in [0.1, 0.15) is 182 Å². The molecular weight excluding hydrogens is 1020 g/mol. The van der Waals surface area contributed by atoms with Gasteiger partial charge < -0.3 is 28.3 Å². The second-order valence-electron chi connectivity index (χ2n) is 26.8. The van der Waals surface area contributed by atoms with E-state index in [1.54, 1.807) is 4.68 Å². The fourth-order valence-corrected chi connectivity index (χ4v) is 10.1. The van der Waals surface area contributed by atoms with E-state index in [1.165, 1.54) is 46.7 Å². The van der Waals surface area contributed by atoms with Gasteiger partial charge in [0.1, 0.15) is 17.9 Å². The van der Waals surface area contributed by atoms with Gasteiger partial charge in [-0.3, -0.25) is 9.36 Å². The van der Waals surface area contributed by atoms with Gasteiger partial charge in [0.2, 0.25) is 13.6 Å². The first-order chi connectivity index (χ1) is 36.3. The Kier molecular flexibility index (Phi) is 18.3. The number of aromatic nitrogens is 9. The van der Waals surface area contributed by atoms with E-state index in [1.807, 2.05) is 37.0 Å². The van der Waals surface area contributed by atoms with E-state index < -0.39 is 0 Å². The van der Waals surface area contributed by atoms with Crippen molar-refractivity contribution in [1.29, 1.82) is 0 Å². The summed E-state index contributed by atoms with van der Waals surface area (Å²) in [5.74, 6) is 6.48. The van der Waals surface area contributed by atoms with Gasteiger partial charge in [0.15, 0.2) is 23.0 Å². The first-order valence-electron chi connectivity index (χ1n) is 27.4. The molecule has 0 radical (unpaired) electrons. The third kappa shape index (κ3) is 15.4. The van der Waals surface area contributed by atoms with Crippen LogP contribution in [0.25, 0.3) is 11.0 Å². The lowest BCUT2D eigenvalue weighted by atomic mass is 9.87. The van der Waals surface area contributed by atoms with E-state index >= 15 is 0 Å². The van der Waals surface area contributed by atoms with Crippen molar-refractivity contribution < 1.29 is 23.7 Å². The maximum atomic E-state index is 6.16. The SMILES string of the molecule is CC(C)(C)c1cc2c(cc1Cl)OCO2.CC(C)(C)c1cc2n(n1)CCC2.CC(C)(C)c1cc2n(n1)CSC2.CC(C)(C)c1ccc2c(c1)OCO2.CC(C)(C)c1cn2c(n1)COCC2.Cn1nnc2cc(C(C)(C)C)ccc21. The van der Waals surface area contributed by atoms with Crippen molar-refractivity contribution in [3.8, 4) is 23.0 Å². The molecule has 0 unspecified atom stereocenters. The summed E-state index contributed by atoms with van der Waals surface area (Å²) >= 11 is 8.09. The van der Waals surface area contributed by atoms with Gasteiger partial charge >= 0.3 is 0 Å². The predicted octanol–water partition coefficient (Wildman–Crippen LogP) is 14.6. The molecular formula is C62H88ClN9O5S. The van der Waals surface area contributed by atoms with Crippen molar-refractivity contribution in [3.05, 3.63) is 123 Å². The summed E-state index contributed by atoms with van der Waals surface area (Å²) in [5.41, 5.74) is 13.0. The third-order valence-corrected chi connectivity index (χ3v) is 15.1. The van der Waals surface area contributed by atoms with Crippen molar-refractivity contribution in [1.82, 2.24) is 44.1 Å². The number of hydrogen-bond donors (Lipinski definition) is 0. The summed E-state index contributed by atoms with van der Waals surface area (Å²) in [7, 11) is 1.91. The highest BCUT2D eigenvalue weighted by atomic mass is 35.5. The van der Waals surface area contributed by atoms with Crippen LogP contribution >= 0.6 is 23.4 Å². The van der Waals surface area contributed by atoms with Gasteiger partial charge in [0.05, 0.1) is 35.1 Å². The zero-order valence-corrected chi connectivity index (χ0v) is 51.8. The molecule has 0 fully saturated rings. The highest BCUT2D eigenvalue weighted by Gasteiger charge is 2.26. The number of imidazole rings is 1. The summed E-state index contributed by atoms with van der Waals surface area (Å²) in [4.78, 5) is 4.56. The Morgan fingerprint density at radius 3 is 1.71 bits per heavy atom. The monoisotopic (exact) mass is 1110 g/mol. The summed E-state index contributed by atoms with van der Waals surface area (Å²) in [6, 6.07) is 20.7. The predicted molar refractivity (Wildman–Crippen MR) is 317 cm³/mol. The topological polar surface area (TPSA) is 130 Å². The smallest absolute Gasteiger partial charge is 0.231 e. The van der Waals surface area contributed by atoms with Crippen molar-refractivity contribution in [2.75, 3.05) is 20.2 Å². The van der Waals surface area contributed by atoms with Crippen LogP contribution in [0.15, 0.2) is 66.9 Å². The minimum atomic E-state index is 0.0259. The first kappa shape index (κ1) is 60.1. The van der Waals surface area contributed by atoms with E-state index in [-0.39, 0.29) is 32.5 Å². The van der Waals surface area contributed by atoms with E-state index in [4.69, 9.17) is 35.3 Å². The van der Waals surface area contributed by atoms with Gasteiger partial charge in [-0.25, -0.2) is 9.67 Å². The molecule has 12 rings (SSSR count). The van der Waals surface area contributed by atoms with Crippen LogP contribution in [0.5, 0.6) is 23.0 Å². The molecule has 9 heterocycles. The van der Waals surface area contributed by atoms with Crippen LogP contribution in [-0.4, -0.2) is 64.3 Å². The molecule has 0 N–H and O–H groups in total. The minimum absolute atomic E-state index is 0.0259. The van der Waals surface area contributed by atoms with E-state index in [2.05, 4.69) is 213 Å².